The zero-order valence-electron chi connectivity index (χ0n) is 10.4. The quantitative estimate of drug-likeness (QED) is 0.804. The van der Waals surface area contributed by atoms with Gasteiger partial charge in [-0.1, -0.05) is 6.07 Å². The smallest absolute Gasteiger partial charge is 0.0892 e. The largest absolute Gasteiger partial charge is 0.360 e. The van der Waals surface area contributed by atoms with Crippen LogP contribution < -0.4 is 0 Å². The Bertz CT molecular complexity index is 526. The summed E-state index contributed by atoms with van der Waals surface area (Å²) in [6.07, 6.45) is 3.83. The van der Waals surface area contributed by atoms with Crippen molar-refractivity contribution in [3.8, 4) is 0 Å². The number of aliphatic imine (C=N–C) groups is 1. The number of pyridine rings is 1. The van der Waals surface area contributed by atoms with E-state index in [0.717, 1.165) is 17.1 Å². The highest BCUT2D eigenvalue weighted by atomic mass is 14.8. The lowest BCUT2D eigenvalue weighted by atomic mass is 10.2. The van der Waals surface area contributed by atoms with Gasteiger partial charge in [-0.25, -0.2) is 0 Å². The fraction of sp³-hybridized carbons (Fsp3) is 0.286. The molecule has 0 fully saturated rings. The maximum absolute atomic E-state index is 4.50. The Balaban J connectivity index is 2.11. The maximum Gasteiger partial charge on any atom is 0.0892 e. The molecule has 0 amide bonds. The van der Waals surface area contributed by atoms with E-state index in [0.29, 0.717) is 0 Å². The van der Waals surface area contributed by atoms with Crippen molar-refractivity contribution < 1.29 is 0 Å². The van der Waals surface area contributed by atoms with Gasteiger partial charge in [0.1, 0.15) is 0 Å². The minimum atomic E-state index is 0.0820. The monoisotopic (exact) mass is 227 g/mol. The van der Waals surface area contributed by atoms with Crippen LogP contribution in [0.25, 0.3) is 0 Å². The van der Waals surface area contributed by atoms with Crippen LogP contribution in [0.2, 0.25) is 0 Å². The summed E-state index contributed by atoms with van der Waals surface area (Å²) in [5.74, 6) is 0. The highest BCUT2D eigenvalue weighted by Crippen LogP contribution is 2.14. The Morgan fingerprint density at radius 2 is 2.18 bits per heavy atom. The summed E-state index contributed by atoms with van der Waals surface area (Å²) in [6, 6.07) is 8.17. The molecule has 1 N–H and O–H groups in total. The number of nitrogens with one attached hydrogen (secondary N) is 1. The summed E-state index contributed by atoms with van der Waals surface area (Å²) in [4.78, 5) is 12.1. The van der Waals surface area contributed by atoms with Gasteiger partial charge in [0.25, 0.3) is 0 Å². The van der Waals surface area contributed by atoms with Gasteiger partial charge in [-0.2, -0.15) is 0 Å². The van der Waals surface area contributed by atoms with Crippen LogP contribution in [-0.4, -0.2) is 16.2 Å². The van der Waals surface area contributed by atoms with Gasteiger partial charge in [0.15, 0.2) is 0 Å². The van der Waals surface area contributed by atoms with Crippen molar-refractivity contribution in [1.82, 2.24) is 9.97 Å². The molecule has 3 heteroatoms. The molecule has 0 aromatic carbocycles. The highest BCUT2D eigenvalue weighted by molar-refractivity contribution is 5.77. The molecule has 0 spiro atoms. The van der Waals surface area contributed by atoms with Crippen molar-refractivity contribution in [1.29, 1.82) is 0 Å². The zero-order chi connectivity index (χ0) is 12.3. The van der Waals surface area contributed by atoms with Gasteiger partial charge in [0.05, 0.1) is 17.4 Å². The molecule has 0 saturated carbocycles. The molecule has 2 rings (SSSR count). The van der Waals surface area contributed by atoms with E-state index in [9.17, 15) is 0 Å². The number of nitrogens with zero attached hydrogens (tertiary/aromatic N) is 2. The van der Waals surface area contributed by atoms with Gasteiger partial charge < -0.3 is 4.98 Å². The molecule has 2 aromatic heterocycles. The molecule has 0 aliphatic heterocycles. The van der Waals surface area contributed by atoms with Crippen LogP contribution in [0, 0.1) is 13.8 Å². The van der Waals surface area contributed by atoms with Gasteiger partial charge >= 0.3 is 0 Å². The molecule has 2 aromatic rings. The summed E-state index contributed by atoms with van der Waals surface area (Å²) in [5, 5.41) is 0. The average molecular weight is 227 g/mol. The Labute approximate surface area is 102 Å². The Hall–Kier alpha value is -1.90. The third-order valence-corrected chi connectivity index (χ3v) is 2.62. The number of rotatable bonds is 3. The summed E-state index contributed by atoms with van der Waals surface area (Å²) in [7, 11) is 0. The van der Waals surface area contributed by atoms with E-state index in [-0.39, 0.29) is 6.04 Å². The first-order chi connectivity index (χ1) is 8.15. The molecule has 0 saturated heterocycles. The molecule has 3 nitrogen and oxygen atoms in total. The third kappa shape index (κ3) is 3.03. The topological polar surface area (TPSA) is 41.0 Å². The van der Waals surface area contributed by atoms with Gasteiger partial charge in [0, 0.05) is 18.1 Å². The first-order valence-corrected chi connectivity index (χ1v) is 5.77. The van der Waals surface area contributed by atoms with Crippen molar-refractivity contribution in [3.05, 3.63) is 53.1 Å². The summed E-state index contributed by atoms with van der Waals surface area (Å²) in [5.41, 5.74) is 4.28. The summed E-state index contributed by atoms with van der Waals surface area (Å²) < 4.78 is 0. The van der Waals surface area contributed by atoms with Crippen molar-refractivity contribution in [2.75, 3.05) is 0 Å². The van der Waals surface area contributed by atoms with Crippen molar-refractivity contribution in [2.24, 2.45) is 4.99 Å². The van der Waals surface area contributed by atoms with E-state index >= 15 is 0 Å². The van der Waals surface area contributed by atoms with Gasteiger partial charge in [-0.05, 0) is 44.5 Å². The van der Waals surface area contributed by atoms with Crippen LogP contribution >= 0.6 is 0 Å². The van der Waals surface area contributed by atoms with Crippen LogP contribution in [0.3, 0.4) is 0 Å². The lowest BCUT2D eigenvalue weighted by molar-refractivity contribution is 0.781. The predicted molar refractivity (Wildman–Crippen MR) is 70.5 cm³/mol. The molecule has 0 radical (unpaired) electrons. The standard InChI is InChI=1S/C14H17N3/c1-10-7-13(16-8-10)9-15-12(3)14-6-4-5-11(2)17-14/h4-9,12,16H,1-3H3. The lowest BCUT2D eigenvalue weighted by Crippen LogP contribution is -1.96. The fourth-order valence-corrected chi connectivity index (χ4v) is 1.67. The number of H-pyrrole nitrogens is 1. The zero-order valence-corrected chi connectivity index (χ0v) is 10.4. The molecule has 1 atom stereocenters. The molecule has 2 heterocycles. The van der Waals surface area contributed by atoms with Crippen molar-refractivity contribution in [3.63, 3.8) is 0 Å². The van der Waals surface area contributed by atoms with Crippen LogP contribution in [0.15, 0.2) is 35.5 Å². The molecule has 1 unspecified atom stereocenters. The van der Waals surface area contributed by atoms with E-state index in [2.05, 4.69) is 28.0 Å². The maximum atomic E-state index is 4.50. The second-order valence-electron chi connectivity index (χ2n) is 4.29. The van der Waals surface area contributed by atoms with E-state index in [4.69, 9.17) is 0 Å². The molecule has 17 heavy (non-hydrogen) atoms. The number of hydrogen-bond donors (Lipinski definition) is 1. The first kappa shape index (κ1) is 11.6. The molecule has 0 bridgehead atoms. The number of aromatic nitrogens is 2. The summed E-state index contributed by atoms with van der Waals surface area (Å²) >= 11 is 0. The predicted octanol–water partition coefficient (Wildman–Crippen LogP) is 3.21. The molecule has 88 valence electrons. The summed E-state index contributed by atoms with van der Waals surface area (Å²) in [6.45, 7) is 6.10. The Morgan fingerprint density at radius 1 is 1.35 bits per heavy atom. The van der Waals surface area contributed by atoms with E-state index in [1.807, 2.05) is 44.5 Å². The first-order valence-electron chi connectivity index (χ1n) is 5.77. The van der Waals surface area contributed by atoms with E-state index < -0.39 is 0 Å². The number of hydrogen-bond acceptors (Lipinski definition) is 2. The van der Waals surface area contributed by atoms with E-state index in [1.165, 1.54) is 5.56 Å². The normalized spacial score (nSPS) is 13.1. The van der Waals surface area contributed by atoms with E-state index in [1.54, 1.807) is 0 Å². The Morgan fingerprint density at radius 3 is 2.82 bits per heavy atom. The lowest BCUT2D eigenvalue weighted by Gasteiger charge is -2.05. The number of aromatic amines is 1. The van der Waals surface area contributed by atoms with Gasteiger partial charge in [0.2, 0.25) is 0 Å². The number of aryl methyl sites for hydroxylation is 2. The molecular weight excluding hydrogens is 210 g/mol. The highest BCUT2D eigenvalue weighted by Gasteiger charge is 2.03. The van der Waals surface area contributed by atoms with Crippen LogP contribution in [0.1, 0.15) is 35.6 Å². The molecule has 0 aliphatic rings. The average Bonchev–Trinajstić information content (AvgIpc) is 2.72. The Kier molecular flexibility index (Phi) is 3.38. The van der Waals surface area contributed by atoms with Crippen molar-refractivity contribution >= 4 is 6.21 Å². The van der Waals surface area contributed by atoms with Crippen LogP contribution in [0.4, 0.5) is 0 Å². The fourth-order valence-electron chi connectivity index (χ4n) is 1.67. The van der Waals surface area contributed by atoms with Gasteiger partial charge in [-0.15, -0.1) is 0 Å². The minimum absolute atomic E-state index is 0.0820. The van der Waals surface area contributed by atoms with Crippen molar-refractivity contribution in [2.45, 2.75) is 26.8 Å². The third-order valence-electron chi connectivity index (χ3n) is 2.62. The molecular formula is C14H17N3. The second kappa shape index (κ2) is 4.95. The second-order valence-corrected chi connectivity index (χ2v) is 4.29. The van der Waals surface area contributed by atoms with Crippen LogP contribution in [0.5, 0.6) is 0 Å². The van der Waals surface area contributed by atoms with Gasteiger partial charge in [-0.3, -0.25) is 9.98 Å². The SMILES string of the molecule is Cc1c[nH]c(C=NC(C)c2cccc(C)n2)c1. The van der Waals surface area contributed by atoms with Crippen LogP contribution in [-0.2, 0) is 0 Å². The molecule has 0 aliphatic carbocycles. The minimum Gasteiger partial charge on any atom is -0.360 e.